The summed E-state index contributed by atoms with van der Waals surface area (Å²) in [5.41, 5.74) is 0. The number of carboxylic acid groups (broad SMARTS) is 1. The Morgan fingerprint density at radius 1 is 1.64 bits per heavy atom. The van der Waals surface area contributed by atoms with E-state index in [0.29, 0.717) is 0 Å². The predicted molar refractivity (Wildman–Crippen MR) is 46.3 cm³/mol. The number of hydrogen-bond donors (Lipinski definition) is 3. The minimum atomic E-state index is -1.06. The number of carbonyl (C=O) groups excluding carboxylic acids is 1. The fourth-order valence-electron chi connectivity index (χ4n) is 0.431. The Kier molecular flexibility index (Phi) is 7.55. The van der Waals surface area contributed by atoms with Crippen LogP contribution in [-0.4, -0.2) is 28.8 Å². The van der Waals surface area contributed by atoms with E-state index in [4.69, 9.17) is 5.11 Å². The van der Waals surface area contributed by atoms with E-state index in [-0.39, 0.29) is 24.1 Å². The molecule has 0 aliphatic carbocycles. The van der Waals surface area contributed by atoms with Crippen LogP contribution in [0.25, 0.3) is 0 Å². The zero-order valence-electron chi connectivity index (χ0n) is 5.90. The quantitative estimate of drug-likeness (QED) is 0.558. The summed E-state index contributed by atoms with van der Waals surface area (Å²) in [6.45, 7) is 1.26. The van der Waals surface area contributed by atoms with Gasteiger partial charge in [-0.15, -0.1) is 12.4 Å². The summed E-state index contributed by atoms with van der Waals surface area (Å²) < 4.78 is 0. The molecule has 0 aliphatic heterocycles. The van der Waals surface area contributed by atoms with Crippen LogP contribution in [0, 0.1) is 0 Å². The van der Waals surface area contributed by atoms with Gasteiger partial charge < -0.3 is 10.4 Å². The van der Waals surface area contributed by atoms with Gasteiger partial charge in [0.1, 0.15) is 6.04 Å². The molecule has 66 valence electrons. The highest BCUT2D eigenvalue weighted by Gasteiger charge is 2.14. The molecule has 0 aromatic heterocycles. The van der Waals surface area contributed by atoms with Gasteiger partial charge in [-0.05, 0) is 0 Å². The van der Waals surface area contributed by atoms with Gasteiger partial charge in [0.15, 0.2) is 0 Å². The third kappa shape index (κ3) is 6.00. The summed E-state index contributed by atoms with van der Waals surface area (Å²) in [5.74, 6) is -1.32. The summed E-state index contributed by atoms with van der Waals surface area (Å²) in [4.78, 5) is 20.5. The van der Waals surface area contributed by atoms with Crippen LogP contribution in [0.15, 0.2) is 0 Å². The molecule has 4 nitrogen and oxygen atoms in total. The highest BCUT2D eigenvalue weighted by molar-refractivity contribution is 7.80. The Labute approximate surface area is 76.2 Å². The topological polar surface area (TPSA) is 66.4 Å². The van der Waals surface area contributed by atoms with Crippen molar-refractivity contribution in [2.45, 2.75) is 13.0 Å². The molecular formula is C5H10ClNO3S. The minimum Gasteiger partial charge on any atom is -0.480 e. The van der Waals surface area contributed by atoms with Crippen molar-refractivity contribution < 1.29 is 14.7 Å². The van der Waals surface area contributed by atoms with Crippen LogP contribution >= 0.6 is 25.0 Å². The van der Waals surface area contributed by atoms with E-state index in [1.165, 1.54) is 6.92 Å². The molecular weight excluding hydrogens is 190 g/mol. The van der Waals surface area contributed by atoms with Gasteiger partial charge in [0.05, 0.1) is 0 Å². The van der Waals surface area contributed by atoms with Crippen molar-refractivity contribution in [1.82, 2.24) is 5.32 Å². The minimum absolute atomic E-state index is 0. The number of thiol groups is 1. The molecule has 0 radical (unpaired) electrons. The molecule has 1 amide bonds. The lowest BCUT2D eigenvalue weighted by Crippen LogP contribution is -2.40. The first-order valence-corrected chi connectivity index (χ1v) is 3.32. The molecule has 1 atom stereocenters. The van der Waals surface area contributed by atoms with Gasteiger partial charge in [-0.3, -0.25) is 4.79 Å². The number of rotatable bonds is 3. The lowest BCUT2D eigenvalue weighted by Gasteiger charge is -2.08. The van der Waals surface area contributed by atoms with Gasteiger partial charge in [0.25, 0.3) is 0 Å². The molecule has 0 spiro atoms. The maximum absolute atomic E-state index is 10.3. The first-order valence-electron chi connectivity index (χ1n) is 2.68. The normalized spacial score (nSPS) is 11.1. The maximum Gasteiger partial charge on any atom is 0.327 e. The average Bonchev–Trinajstić information content (AvgIpc) is 1.81. The Morgan fingerprint density at radius 2 is 2.09 bits per heavy atom. The standard InChI is InChI=1S/C5H9NO3S.ClH/c1-3(7)6-4(2-10)5(8)9;/h4,10H,2H2,1H3,(H,6,7)(H,8,9);1H/t4-;/m0./s1. The number of hydrogen-bond acceptors (Lipinski definition) is 3. The van der Waals surface area contributed by atoms with Crippen molar-refractivity contribution in [3.63, 3.8) is 0 Å². The van der Waals surface area contributed by atoms with Gasteiger partial charge in [0.2, 0.25) is 5.91 Å². The van der Waals surface area contributed by atoms with E-state index in [2.05, 4.69) is 17.9 Å². The van der Waals surface area contributed by atoms with Gasteiger partial charge in [-0.25, -0.2) is 4.79 Å². The average molecular weight is 200 g/mol. The summed E-state index contributed by atoms with van der Waals surface area (Å²) >= 11 is 3.73. The smallest absolute Gasteiger partial charge is 0.327 e. The van der Waals surface area contributed by atoms with Gasteiger partial charge in [-0.1, -0.05) is 0 Å². The van der Waals surface area contributed by atoms with Crippen molar-refractivity contribution in [2.75, 3.05) is 5.75 Å². The fourth-order valence-corrected chi connectivity index (χ4v) is 0.678. The molecule has 6 heteroatoms. The zero-order valence-corrected chi connectivity index (χ0v) is 7.61. The summed E-state index contributed by atoms with van der Waals surface area (Å²) in [7, 11) is 0. The summed E-state index contributed by atoms with van der Waals surface area (Å²) in [6.07, 6.45) is 0. The molecule has 0 fully saturated rings. The first kappa shape index (κ1) is 13.2. The summed E-state index contributed by atoms with van der Waals surface area (Å²) in [5, 5.41) is 10.6. The van der Waals surface area contributed by atoms with E-state index >= 15 is 0 Å². The van der Waals surface area contributed by atoms with E-state index in [1.54, 1.807) is 0 Å². The number of aliphatic carboxylic acids is 1. The van der Waals surface area contributed by atoms with Gasteiger partial charge in [0, 0.05) is 12.7 Å². The molecule has 0 rings (SSSR count). The molecule has 0 aromatic rings. The lowest BCUT2D eigenvalue weighted by molar-refractivity contribution is -0.140. The number of nitrogens with one attached hydrogen (secondary N) is 1. The second-order valence-electron chi connectivity index (χ2n) is 1.77. The van der Waals surface area contributed by atoms with Crippen molar-refractivity contribution in [2.24, 2.45) is 0 Å². The predicted octanol–water partition coefficient (Wildman–Crippen LogP) is -0.0727. The van der Waals surface area contributed by atoms with Crippen LogP contribution in [0.4, 0.5) is 0 Å². The van der Waals surface area contributed by atoms with Crippen LogP contribution < -0.4 is 5.32 Å². The highest BCUT2D eigenvalue weighted by Crippen LogP contribution is 1.86. The Balaban J connectivity index is 0. The Hall–Kier alpha value is -0.420. The molecule has 0 saturated carbocycles. The largest absolute Gasteiger partial charge is 0.480 e. The van der Waals surface area contributed by atoms with Crippen molar-refractivity contribution in [1.29, 1.82) is 0 Å². The zero-order chi connectivity index (χ0) is 8.15. The molecule has 0 unspecified atom stereocenters. The second-order valence-corrected chi connectivity index (χ2v) is 2.14. The fraction of sp³-hybridized carbons (Fsp3) is 0.600. The SMILES string of the molecule is CC(=O)N[C@@H](CS)C(=O)O.Cl. The van der Waals surface area contributed by atoms with Crippen LogP contribution in [0.3, 0.4) is 0 Å². The number of amides is 1. The van der Waals surface area contributed by atoms with Crippen LogP contribution in [0.2, 0.25) is 0 Å². The molecule has 0 heterocycles. The molecule has 0 bridgehead atoms. The van der Waals surface area contributed by atoms with E-state index in [9.17, 15) is 9.59 Å². The maximum atomic E-state index is 10.3. The number of halogens is 1. The molecule has 11 heavy (non-hydrogen) atoms. The molecule has 0 aliphatic rings. The third-order valence-electron chi connectivity index (χ3n) is 0.858. The first-order chi connectivity index (χ1) is 4.57. The lowest BCUT2D eigenvalue weighted by atomic mass is 10.3. The Morgan fingerprint density at radius 3 is 2.18 bits per heavy atom. The molecule has 0 aromatic carbocycles. The van der Waals surface area contributed by atoms with Gasteiger partial charge >= 0.3 is 5.97 Å². The van der Waals surface area contributed by atoms with Crippen molar-refractivity contribution in [3.05, 3.63) is 0 Å². The second kappa shape index (κ2) is 6.30. The van der Waals surface area contributed by atoms with E-state index in [1.807, 2.05) is 0 Å². The number of carbonyl (C=O) groups is 2. The van der Waals surface area contributed by atoms with Crippen molar-refractivity contribution >= 4 is 36.9 Å². The summed E-state index contributed by atoms with van der Waals surface area (Å²) in [6, 6.07) is -0.874. The monoisotopic (exact) mass is 199 g/mol. The highest BCUT2D eigenvalue weighted by atomic mass is 35.5. The van der Waals surface area contributed by atoms with E-state index < -0.39 is 12.0 Å². The Bertz CT molecular complexity index is 153. The molecule has 2 N–H and O–H groups in total. The van der Waals surface area contributed by atoms with Crippen LogP contribution in [0.5, 0.6) is 0 Å². The van der Waals surface area contributed by atoms with Gasteiger partial charge in [-0.2, -0.15) is 12.6 Å². The van der Waals surface area contributed by atoms with E-state index in [0.717, 1.165) is 0 Å². The number of carboxylic acids is 1. The van der Waals surface area contributed by atoms with Crippen molar-refractivity contribution in [3.8, 4) is 0 Å². The molecule has 0 saturated heterocycles. The van der Waals surface area contributed by atoms with Crippen LogP contribution in [0.1, 0.15) is 6.92 Å². The van der Waals surface area contributed by atoms with Crippen LogP contribution in [-0.2, 0) is 9.59 Å². The third-order valence-corrected chi connectivity index (χ3v) is 1.22.